The van der Waals surface area contributed by atoms with Crippen molar-refractivity contribution in [3.8, 4) is 0 Å². The molecule has 3 heteroatoms. The number of aliphatic imine (C=N–C) groups is 1. The lowest BCUT2D eigenvalue weighted by molar-refractivity contribution is -0.116. The number of carbonyl (C=O) groups excluding carboxylic acids is 1. The van der Waals surface area contributed by atoms with Crippen molar-refractivity contribution in [3.05, 3.63) is 35.4 Å². The summed E-state index contributed by atoms with van der Waals surface area (Å²) >= 11 is 0. The molecular weight excluding hydrogens is 236 g/mol. The van der Waals surface area contributed by atoms with Crippen molar-refractivity contribution in [1.29, 1.82) is 0 Å². The summed E-state index contributed by atoms with van der Waals surface area (Å²) < 4.78 is 0. The molecule has 1 aliphatic heterocycles. The van der Waals surface area contributed by atoms with Gasteiger partial charge in [-0.25, -0.2) is 0 Å². The van der Waals surface area contributed by atoms with Gasteiger partial charge in [0.15, 0.2) is 0 Å². The average molecular weight is 256 g/mol. The smallest absolute Gasteiger partial charge is 0.223 e. The van der Waals surface area contributed by atoms with Crippen molar-refractivity contribution in [2.45, 2.75) is 50.5 Å². The molecule has 1 saturated carbocycles. The number of fused-ring (bicyclic) bond motifs is 3. The minimum atomic E-state index is -0.300. The van der Waals surface area contributed by atoms with Crippen LogP contribution in [-0.2, 0) is 4.79 Å². The molecule has 0 radical (unpaired) electrons. The normalized spacial score (nSPS) is 29.1. The van der Waals surface area contributed by atoms with E-state index in [0.29, 0.717) is 5.92 Å². The van der Waals surface area contributed by atoms with Crippen LogP contribution in [0.1, 0.15) is 56.1 Å². The molecule has 100 valence electrons. The lowest BCUT2D eigenvalue weighted by Crippen LogP contribution is -2.40. The van der Waals surface area contributed by atoms with E-state index in [-0.39, 0.29) is 17.9 Å². The van der Waals surface area contributed by atoms with Gasteiger partial charge in [-0.05, 0) is 30.9 Å². The van der Waals surface area contributed by atoms with Crippen LogP contribution in [0.25, 0.3) is 0 Å². The van der Waals surface area contributed by atoms with E-state index in [4.69, 9.17) is 10.7 Å². The Labute approximate surface area is 113 Å². The van der Waals surface area contributed by atoms with E-state index in [1.54, 1.807) is 0 Å². The van der Waals surface area contributed by atoms with Gasteiger partial charge in [0, 0.05) is 5.92 Å². The van der Waals surface area contributed by atoms with E-state index in [2.05, 4.69) is 25.1 Å². The first-order valence-electron chi connectivity index (χ1n) is 7.06. The summed E-state index contributed by atoms with van der Waals surface area (Å²) in [4.78, 5) is 16.2. The fourth-order valence-electron chi connectivity index (χ4n) is 3.67. The van der Waals surface area contributed by atoms with Crippen molar-refractivity contribution in [3.63, 3.8) is 0 Å². The number of rotatable bonds is 2. The zero-order valence-corrected chi connectivity index (χ0v) is 11.4. The molecule has 2 N–H and O–H groups in total. The number of amides is 1. The highest BCUT2D eigenvalue weighted by Crippen LogP contribution is 2.47. The molecule has 1 fully saturated rings. The predicted molar refractivity (Wildman–Crippen MR) is 76.4 cm³/mol. The van der Waals surface area contributed by atoms with Crippen molar-refractivity contribution in [2.75, 3.05) is 0 Å². The molecular formula is C16H20N2O. The minimum absolute atomic E-state index is 0.0443. The Balaban J connectivity index is 2.11. The molecule has 1 aromatic rings. The molecule has 3 rings (SSSR count). The second-order valence-electron chi connectivity index (χ2n) is 5.94. The Morgan fingerprint density at radius 2 is 2.21 bits per heavy atom. The van der Waals surface area contributed by atoms with Gasteiger partial charge < -0.3 is 5.73 Å². The van der Waals surface area contributed by atoms with Crippen LogP contribution in [0.15, 0.2) is 29.3 Å². The van der Waals surface area contributed by atoms with Crippen molar-refractivity contribution >= 4 is 11.6 Å². The summed E-state index contributed by atoms with van der Waals surface area (Å²) in [6.07, 6.45) is 5.05. The molecule has 0 spiro atoms. The molecule has 0 bridgehead atoms. The first-order chi connectivity index (χ1) is 9.10. The summed E-state index contributed by atoms with van der Waals surface area (Å²) in [7, 11) is 0. The number of primary amides is 1. The summed E-state index contributed by atoms with van der Waals surface area (Å²) in [5, 5.41) is 0. The topological polar surface area (TPSA) is 55.5 Å². The van der Waals surface area contributed by atoms with Crippen LogP contribution >= 0.6 is 0 Å². The molecule has 19 heavy (non-hydrogen) atoms. The largest absolute Gasteiger partial charge is 0.369 e. The SMILES string of the molecule is CC12CCCCC1c1ccccc1C(CC(N)=O)=N2. The average Bonchev–Trinajstić information content (AvgIpc) is 2.37. The molecule has 2 atom stereocenters. The fraction of sp³-hybridized carbons (Fsp3) is 0.500. The zero-order valence-electron chi connectivity index (χ0n) is 11.4. The molecule has 2 unspecified atom stereocenters. The van der Waals surface area contributed by atoms with Crippen molar-refractivity contribution < 1.29 is 4.79 Å². The number of hydrogen-bond acceptors (Lipinski definition) is 2. The summed E-state index contributed by atoms with van der Waals surface area (Å²) in [6, 6.07) is 8.37. The highest BCUT2D eigenvalue weighted by atomic mass is 16.1. The van der Waals surface area contributed by atoms with Gasteiger partial charge in [-0.1, -0.05) is 37.1 Å². The Morgan fingerprint density at radius 3 is 3.00 bits per heavy atom. The second-order valence-corrected chi connectivity index (χ2v) is 5.94. The third-order valence-electron chi connectivity index (χ3n) is 4.56. The van der Waals surface area contributed by atoms with Crippen LogP contribution in [-0.4, -0.2) is 17.2 Å². The molecule has 3 nitrogen and oxygen atoms in total. The lowest BCUT2D eigenvalue weighted by atomic mass is 9.67. The number of benzene rings is 1. The van der Waals surface area contributed by atoms with Gasteiger partial charge in [0.2, 0.25) is 5.91 Å². The Kier molecular flexibility index (Phi) is 2.92. The Hall–Kier alpha value is -1.64. The maximum Gasteiger partial charge on any atom is 0.223 e. The van der Waals surface area contributed by atoms with Crippen LogP contribution in [0, 0.1) is 0 Å². The molecule has 1 heterocycles. The molecule has 2 aliphatic rings. The third kappa shape index (κ3) is 2.07. The van der Waals surface area contributed by atoms with Crippen LogP contribution in [0.3, 0.4) is 0 Å². The Bertz CT molecular complexity index is 549. The van der Waals surface area contributed by atoms with Crippen molar-refractivity contribution in [1.82, 2.24) is 0 Å². The van der Waals surface area contributed by atoms with Gasteiger partial charge in [-0.15, -0.1) is 0 Å². The van der Waals surface area contributed by atoms with E-state index in [1.165, 1.54) is 24.8 Å². The van der Waals surface area contributed by atoms with Gasteiger partial charge in [0.1, 0.15) is 0 Å². The first-order valence-corrected chi connectivity index (χ1v) is 7.06. The number of carbonyl (C=O) groups is 1. The van der Waals surface area contributed by atoms with E-state index in [9.17, 15) is 4.79 Å². The number of nitrogens with zero attached hydrogens (tertiary/aromatic N) is 1. The quantitative estimate of drug-likeness (QED) is 0.869. The summed E-state index contributed by atoms with van der Waals surface area (Å²) in [5.74, 6) is 0.195. The third-order valence-corrected chi connectivity index (χ3v) is 4.56. The van der Waals surface area contributed by atoms with Crippen LogP contribution in [0.5, 0.6) is 0 Å². The van der Waals surface area contributed by atoms with E-state index < -0.39 is 0 Å². The highest BCUT2D eigenvalue weighted by Gasteiger charge is 2.41. The van der Waals surface area contributed by atoms with Gasteiger partial charge in [0.25, 0.3) is 0 Å². The van der Waals surface area contributed by atoms with E-state index >= 15 is 0 Å². The van der Waals surface area contributed by atoms with Gasteiger partial charge in [-0.3, -0.25) is 9.79 Å². The maximum absolute atomic E-state index is 11.3. The molecule has 1 aromatic carbocycles. The molecule has 0 aromatic heterocycles. The molecule has 0 saturated heterocycles. The lowest BCUT2D eigenvalue weighted by Gasteiger charge is -2.43. The molecule has 1 amide bonds. The van der Waals surface area contributed by atoms with Crippen LogP contribution in [0.4, 0.5) is 0 Å². The summed E-state index contributed by atoms with van der Waals surface area (Å²) in [6.45, 7) is 2.23. The minimum Gasteiger partial charge on any atom is -0.369 e. The standard InChI is InChI=1S/C16H20N2O/c1-16-9-5-4-8-13(16)11-6-2-3-7-12(11)14(18-16)10-15(17)19/h2-3,6-7,13H,4-5,8-10H2,1H3,(H2,17,19). The number of nitrogens with two attached hydrogens (primary N) is 1. The van der Waals surface area contributed by atoms with Crippen LogP contribution < -0.4 is 5.73 Å². The van der Waals surface area contributed by atoms with E-state index in [0.717, 1.165) is 17.7 Å². The number of hydrogen-bond donors (Lipinski definition) is 1. The fourth-order valence-corrected chi connectivity index (χ4v) is 3.67. The second kappa shape index (κ2) is 4.48. The molecule has 1 aliphatic carbocycles. The van der Waals surface area contributed by atoms with Gasteiger partial charge in [0.05, 0.1) is 17.7 Å². The Morgan fingerprint density at radius 1 is 1.42 bits per heavy atom. The van der Waals surface area contributed by atoms with Crippen molar-refractivity contribution in [2.24, 2.45) is 10.7 Å². The highest BCUT2D eigenvalue weighted by molar-refractivity contribution is 6.11. The summed E-state index contributed by atoms with van der Waals surface area (Å²) in [5.41, 5.74) is 8.69. The zero-order chi connectivity index (χ0) is 13.5. The van der Waals surface area contributed by atoms with Crippen LogP contribution in [0.2, 0.25) is 0 Å². The maximum atomic E-state index is 11.3. The monoisotopic (exact) mass is 256 g/mol. The van der Waals surface area contributed by atoms with Gasteiger partial charge in [-0.2, -0.15) is 0 Å². The van der Waals surface area contributed by atoms with E-state index in [1.807, 2.05) is 6.07 Å². The van der Waals surface area contributed by atoms with Gasteiger partial charge >= 0.3 is 0 Å². The predicted octanol–water partition coefficient (Wildman–Crippen LogP) is 2.78. The first kappa shape index (κ1) is 12.4.